The number of aryl methyl sites for hydroxylation is 2. The van der Waals surface area contributed by atoms with Crippen LogP contribution in [0.4, 0.5) is 5.69 Å². The first-order valence-electron chi connectivity index (χ1n) is 5.96. The van der Waals surface area contributed by atoms with Crippen LogP contribution in [-0.4, -0.2) is 5.71 Å². The summed E-state index contributed by atoms with van der Waals surface area (Å²) in [6.07, 6.45) is 0. The minimum absolute atomic E-state index is 1.03. The summed E-state index contributed by atoms with van der Waals surface area (Å²) < 4.78 is 1.08. The highest BCUT2D eigenvalue weighted by Gasteiger charge is 2.05. The third kappa shape index (κ3) is 2.70. The molecule has 2 aromatic carbocycles. The Labute approximate surface area is 117 Å². The molecule has 0 spiro atoms. The van der Waals surface area contributed by atoms with Gasteiger partial charge in [-0.25, -0.2) is 0 Å². The van der Waals surface area contributed by atoms with Gasteiger partial charge in [-0.1, -0.05) is 52.3 Å². The molecule has 0 aliphatic heterocycles. The largest absolute Gasteiger partial charge is 0.253 e. The Morgan fingerprint density at radius 2 is 1.56 bits per heavy atom. The predicted octanol–water partition coefficient (Wildman–Crippen LogP) is 5.21. The Hall–Kier alpha value is -1.41. The van der Waals surface area contributed by atoms with Gasteiger partial charge in [0.15, 0.2) is 0 Å². The number of rotatable bonds is 2. The molecule has 18 heavy (non-hydrogen) atoms. The molecule has 1 nitrogen and oxygen atoms in total. The summed E-state index contributed by atoms with van der Waals surface area (Å²) in [6.45, 7) is 6.24. The van der Waals surface area contributed by atoms with E-state index >= 15 is 0 Å². The number of halogens is 1. The highest BCUT2D eigenvalue weighted by Crippen LogP contribution is 2.25. The van der Waals surface area contributed by atoms with Crippen LogP contribution >= 0.6 is 15.9 Å². The summed E-state index contributed by atoms with van der Waals surface area (Å²) in [5.41, 5.74) is 5.66. The first kappa shape index (κ1) is 13.0. The zero-order valence-corrected chi connectivity index (χ0v) is 12.5. The molecule has 0 aliphatic rings. The molecule has 0 atom stereocenters. The van der Waals surface area contributed by atoms with Crippen molar-refractivity contribution in [3.05, 3.63) is 63.6 Å². The summed E-state index contributed by atoms with van der Waals surface area (Å²) in [7, 11) is 0. The lowest BCUT2D eigenvalue weighted by Crippen LogP contribution is -1.96. The van der Waals surface area contributed by atoms with E-state index in [4.69, 9.17) is 4.99 Å². The Bertz CT molecular complexity index is 580. The number of aliphatic imine (C=N–C) groups is 1. The fourth-order valence-electron chi connectivity index (χ4n) is 1.96. The smallest absolute Gasteiger partial charge is 0.0691 e. The van der Waals surface area contributed by atoms with Crippen molar-refractivity contribution < 1.29 is 0 Å². The lowest BCUT2D eigenvalue weighted by Gasteiger charge is -2.08. The van der Waals surface area contributed by atoms with Gasteiger partial charge in [-0.3, -0.25) is 4.99 Å². The molecule has 2 aromatic rings. The fraction of sp³-hybridized carbons (Fsp3) is 0.188. The van der Waals surface area contributed by atoms with Gasteiger partial charge in [-0.2, -0.15) is 0 Å². The number of hydrogen-bond donors (Lipinski definition) is 0. The van der Waals surface area contributed by atoms with Gasteiger partial charge in [0.05, 0.1) is 5.69 Å². The van der Waals surface area contributed by atoms with Gasteiger partial charge >= 0.3 is 0 Å². The van der Waals surface area contributed by atoms with Gasteiger partial charge in [0.1, 0.15) is 0 Å². The molecule has 2 rings (SSSR count). The average molecular weight is 302 g/mol. The van der Waals surface area contributed by atoms with Gasteiger partial charge in [0.25, 0.3) is 0 Å². The van der Waals surface area contributed by atoms with Crippen LogP contribution in [0.15, 0.2) is 51.9 Å². The Morgan fingerprint density at radius 3 is 2.17 bits per heavy atom. The average Bonchev–Trinajstić information content (AvgIpc) is 2.34. The van der Waals surface area contributed by atoms with Crippen LogP contribution in [0.1, 0.15) is 23.6 Å². The molecule has 0 amide bonds. The summed E-state index contributed by atoms with van der Waals surface area (Å²) in [5, 5.41) is 0. The van der Waals surface area contributed by atoms with Crippen molar-refractivity contribution in [2.45, 2.75) is 20.8 Å². The lowest BCUT2D eigenvalue weighted by molar-refractivity contribution is 1.32. The van der Waals surface area contributed by atoms with Crippen LogP contribution in [0.25, 0.3) is 0 Å². The van der Waals surface area contributed by atoms with Crippen LogP contribution in [-0.2, 0) is 0 Å². The highest BCUT2D eigenvalue weighted by molar-refractivity contribution is 9.10. The lowest BCUT2D eigenvalue weighted by atomic mass is 10.1. The summed E-state index contributed by atoms with van der Waals surface area (Å²) in [5.74, 6) is 0. The minimum atomic E-state index is 1.03. The molecular formula is C16H16BrN. The van der Waals surface area contributed by atoms with Crippen molar-refractivity contribution in [1.82, 2.24) is 0 Å². The normalized spacial score (nSPS) is 11.7. The Morgan fingerprint density at radius 1 is 0.944 bits per heavy atom. The molecule has 0 fully saturated rings. The Kier molecular flexibility index (Phi) is 3.97. The maximum absolute atomic E-state index is 4.78. The van der Waals surface area contributed by atoms with Crippen molar-refractivity contribution in [2.75, 3.05) is 0 Å². The van der Waals surface area contributed by atoms with Crippen molar-refractivity contribution in [1.29, 1.82) is 0 Å². The second kappa shape index (κ2) is 5.49. The third-order valence-electron chi connectivity index (χ3n) is 2.98. The van der Waals surface area contributed by atoms with Crippen LogP contribution in [0.2, 0.25) is 0 Å². The standard InChI is InChI=1S/C16H16BrN/c1-11-7-6-8-12(2)16(11)18-13(3)14-9-4-5-10-15(14)17/h4-10H,1-3H3/b18-13+. The van der Waals surface area contributed by atoms with Gasteiger partial charge in [-0.15, -0.1) is 0 Å². The van der Waals surface area contributed by atoms with Gasteiger partial charge in [-0.05, 0) is 38.0 Å². The van der Waals surface area contributed by atoms with E-state index in [1.807, 2.05) is 25.1 Å². The summed E-state index contributed by atoms with van der Waals surface area (Å²) >= 11 is 3.57. The molecule has 0 heterocycles. The van der Waals surface area contributed by atoms with Crippen LogP contribution in [0.3, 0.4) is 0 Å². The van der Waals surface area contributed by atoms with E-state index in [-0.39, 0.29) is 0 Å². The number of para-hydroxylation sites is 1. The Balaban J connectivity index is 2.49. The van der Waals surface area contributed by atoms with Gasteiger partial charge < -0.3 is 0 Å². The number of hydrogen-bond acceptors (Lipinski definition) is 1. The first-order valence-corrected chi connectivity index (χ1v) is 6.75. The maximum atomic E-state index is 4.78. The quantitative estimate of drug-likeness (QED) is 0.676. The van der Waals surface area contributed by atoms with Crippen molar-refractivity contribution in [2.24, 2.45) is 4.99 Å². The van der Waals surface area contributed by atoms with E-state index in [1.54, 1.807) is 0 Å². The van der Waals surface area contributed by atoms with Crippen molar-refractivity contribution >= 4 is 27.3 Å². The zero-order chi connectivity index (χ0) is 13.1. The molecule has 92 valence electrons. The van der Waals surface area contributed by atoms with Crippen LogP contribution < -0.4 is 0 Å². The topological polar surface area (TPSA) is 12.4 Å². The van der Waals surface area contributed by atoms with E-state index in [0.29, 0.717) is 0 Å². The molecule has 0 aromatic heterocycles. The molecular weight excluding hydrogens is 286 g/mol. The summed E-state index contributed by atoms with van der Waals surface area (Å²) in [4.78, 5) is 4.78. The fourth-order valence-corrected chi connectivity index (χ4v) is 2.54. The van der Waals surface area contributed by atoms with E-state index in [0.717, 1.165) is 21.4 Å². The van der Waals surface area contributed by atoms with E-state index in [2.05, 4.69) is 54.0 Å². The van der Waals surface area contributed by atoms with E-state index in [9.17, 15) is 0 Å². The van der Waals surface area contributed by atoms with E-state index < -0.39 is 0 Å². The van der Waals surface area contributed by atoms with Gasteiger partial charge in [0.2, 0.25) is 0 Å². The van der Waals surface area contributed by atoms with Crippen LogP contribution in [0, 0.1) is 13.8 Å². The predicted molar refractivity (Wildman–Crippen MR) is 81.9 cm³/mol. The highest BCUT2D eigenvalue weighted by atomic mass is 79.9. The molecule has 0 radical (unpaired) electrons. The molecule has 0 unspecified atom stereocenters. The zero-order valence-electron chi connectivity index (χ0n) is 10.9. The second-order valence-electron chi connectivity index (χ2n) is 4.42. The van der Waals surface area contributed by atoms with Gasteiger partial charge in [0, 0.05) is 15.7 Å². The monoisotopic (exact) mass is 301 g/mol. The van der Waals surface area contributed by atoms with E-state index in [1.165, 1.54) is 11.1 Å². The maximum Gasteiger partial charge on any atom is 0.0691 e. The molecule has 0 saturated heterocycles. The summed E-state index contributed by atoms with van der Waals surface area (Å²) in [6, 6.07) is 14.4. The minimum Gasteiger partial charge on any atom is -0.253 e. The first-order chi connectivity index (χ1) is 8.59. The SMILES string of the molecule is C/C(=N\c1c(C)cccc1C)c1ccccc1Br. The number of nitrogens with zero attached hydrogens (tertiary/aromatic N) is 1. The van der Waals surface area contributed by atoms with Crippen molar-refractivity contribution in [3.63, 3.8) is 0 Å². The van der Waals surface area contributed by atoms with Crippen LogP contribution in [0.5, 0.6) is 0 Å². The molecule has 0 bridgehead atoms. The second-order valence-corrected chi connectivity index (χ2v) is 5.27. The van der Waals surface area contributed by atoms with Crippen molar-refractivity contribution in [3.8, 4) is 0 Å². The number of benzene rings is 2. The third-order valence-corrected chi connectivity index (χ3v) is 3.67. The molecule has 0 N–H and O–H groups in total. The molecule has 0 aliphatic carbocycles. The molecule has 0 saturated carbocycles. The molecule has 2 heteroatoms.